The molecule has 1 amide bonds. The molecule has 1 atom stereocenters. The van der Waals surface area contributed by atoms with Crippen molar-refractivity contribution in [3.63, 3.8) is 0 Å². The van der Waals surface area contributed by atoms with E-state index >= 15 is 0 Å². The summed E-state index contributed by atoms with van der Waals surface area (Å²) in [5.74, 6) is -0.0415. The highest BCUT2D eigenvalue weighted by Crippen LogP contribution is 2.19. The molecular weight excluding hydrogens is 236 g/mol. The van der Waals surface area contributed by atoms with Crippen molar-refractivity contribution in [3.8, 4) is 0 Å². The molecule has 0 bridgehead atoms. The summed E-state index contributed by atoms with van der Waals surface area (Å²) in [4.78, 5) is 13.9. The van der Waals surface area contributed by atoms with Gasteiger partial charge in [-0.25, -0.2) is 0 Å². The van der Waals surface area contributed by atoms with Crippen molar-refractivity contribution >= 4 is 23.2 Å². The summed E-state index contributed by atoms with van der Waals surface area (Å²) in [7, 11) is 1.81. The molecule has 0 fully saturated rings. The second-order valence-corrected chi connectivity index (χ2v) is 4.76. The number of benzene rings is 1. The first-order valence-electron chi connectivity index (χ1n) is 5.79. The van der Waals surface area contributed by atoms with Crippen molar-refractivity contribution in [2.45, 2.75) is 32.7 Å². The Balaban J connectivity index is 2.88. The quantitative estimate of drug-likeness (QED) is 0.839. The highest BCUT2D eigenvalue weighted by atomic mass is 35.5. The average molecular weight is 255 g/mol. The van der Waals surface area contributed by atoms with Crippen LogP contribution in [0.15, 0.2) is 18.2 Å². The van der Waals surface area contributed by atoms with E-state index in [0.29, 0.717) is 16.3 Å². The van der Waals surface area contributed by atoms with Gasteiger partial charge in [0.15, 0.2) is 0 Å². The maximum absolute atomic E-state index is 12.2. The van der Waals surface area contributed by atoms with Crippen molar-refractivity contribution in [2.24, 2.45) is 0 Å². The first-order chi connectivity index (χ1) is 7.95. The van der Waals surface area contributed by atoms with Crippen molar-refractivity contribution in [1.82, 2.24) is 4.90 Å². The molecule has 1 rings (SSSR count). The molecule has 0 heterocycles. The molecule has 0 saturated carbocycles. The molecule has 0 saturated heterocycles. The minimum absolute atomic E-state index is 0.0415. The zero-order chi connectivity index (χ0) is 13.0. The lowest BCUT2D eigenvalue weighted by Gasteiger charge is -2.24. The monoisotopic (exact) mass is 254 g/mol. The first kappa shape index (κ1) is 13.8. The van der Waals surface area contributed by atoms with Gasteiger partial charge in [0.25, 0.3) is 5.91 Å². The van der Waals surface area contributed by atoms with Gasteiger partial charge in [-0.15, -0.1) is 0 Å². The molecule has 0 aliphatic rings. The largest absolute Gasteiger partial charge is 0.399 e. The van der Waals surface area contributed by atoms with E-state index in [2.05, 4.69) is 6.92 Å². The van der Waals surface area contributed by atoms with E-state index in [-0.39, 0.29) is 11.9 Å². The fourth-order valence-electron chi connectivity index (χ4n) is 1.75. The highest BCUT2D eigenvalue weighted by Gasteiger charge is 2.17. The van der Waals surface area contributed by atoms with E-state index in [4.69, 9.17) is 17.3 Å². The van der Waals surface area contributed by atoms with E-state index in [1.165, 1.54) is 0 Å². The molecule has 1 aromatic rings. The molecule has 0 aromatic heterocycles. The van der Waals surface area contributed by atoms with Gasteiger partial charge in [0.2, 0.25) is 0 Å². The maximum atomic E-state index is 12.2. The summed E-state index contributed by atoms with van der Waals surface area (Å²) in [6, 6.07) is 5.15. The molecule has 3 nitrogen and oxygen atoms in total. The summed E-state index contributed by atoms with van der Waals surface area (Å²) >= 11 is 5.89. The zero-order valence-electron chi connectivity index (χ0n) is 10.5. The number of rotatable bonds is 4. The Hall–Kier alpha value is -1.22. The molecule has 0 aliphatic carbocycles. The number of nitrogens with zero attached hydrogens (tertiary/aromatic N) is 1. The predicted molar refractivity (Wildman–Crippen MR) is 72.3 cm³/mol. The Morgan fingerprint density at radius 2 is 2.12 bits per heavy atom. The van der Waals surface area contributed by atoms with Crippen molar-refractivity contribution in [2.75, 3.05) is 12.8 Å². The van der Waals surface area contributed by atoms with Crippen LogP contribution < -0.4 is 5.73 Å². The smallest absolute Gasteiger partial charge is 0.253 e. The standard InChI is InChI=1S/C13H19ClN2O/c1-4-5-9(2)16(3)13(17)10-6-11(14)8-12(15)7-10/h6-9H,4-5,15H2,1-3H3. The number of halogens is 1. The van der Waals surface area contributed by atoms with Crippen LogP contribution in [0.5, 0.6) is 0 Å². The number of hydrogen-bond donors (Lipinski definition) is 1. The number of carbonyl (C=O) groups excluding carboxylic acids is 1. The van der Waals surface area contributed by atoms with Gasteiger partial charge >= 0.3 is 0 Å². The van der Waals surface area contributed by atoms with Gasteiger partial charge in [-0.3, -0.25) is 4.79 Å². The fraction of sp³-hybridized carbons (Fsp3) is 0.462. The number of amides is 1. The molecule has 2 N–H and O–H groups in total. The molecule has 17 heavy (non-hydrogen) atoms. The minimum Gasteiger partial charge on any atom is -0.399 e. The normalized spacial score (nSPS) is 12.2. The molecule has 94 valence electrons. The minimum atomic E-state index is -0.0415. The van der Waals surface area contributed by atoms with Gasteiger partial charge < -0.3 is 10.6 Å². The summed E-state index contributed by atoms with van der Waals surface area (Å²) in [6.45, 7) is 4.14. The topological polar surface area (TPSA) is 46.3 Å². The Kier molecular flexibility index (Phi) is 4.82. The lowest BCUT2D eigenvalue weighted by Crippen LogP contribution is -2.35. The van der Waals surface area contributed by atoms with Gasteiger partial charge in [0, 0.05) is 29.4 Å². The molecule has 0 radical (unpaired) electrons. The number of nitrogens with two attached hydrogens (primary N) is 1. The van der Waals surface area contributed by atoms with Crippen LogP contribution in [0, 0.1) is 0 Å². The summed E-state index contributed by atoms with van der Waals surface area (Å²) < 4.78 is 0. The third-order valence-corrected chi connectivity index (χ3v) is 3.07. The number of carbonyl (C=O) groups is 1. The Bertz CT molecular complexity index is 386. The van der Waals surface area contributed by atoms with Crippen LogP contribution in [-0.2, 0) is 0 Å². The van der Waals surface area contributed by atoms with Crippen LogP contribution in [-0.4, -0.2) is 23.9 Å². The second kappa shape index (κ2) is 5.92. The molecule has 1 aromatic carbocycles. The van der Waals surface area contributed by atoms with Gasteiger partial charge in [-0.1, -0.05) is 24.9 Å². The lowest BCUT2D eigenvalue weighted by molar-refractivity contribution is 0.0737. The van der Waals surface area contributed by atoms with E-state index in [9.17, 15) is 4.79 Å². The van der Waals surface area contributed by atoms with E-state index < -0.39 is 0 Å². The Morgan fingerprint density at radius 3 is 2.65 bits per heavy atom. The van der Waals surface area contributed by atoms with Crippen molar-refractivity contribution < 1.29 is 4.79 Å². The van der Waals surface area contributed by atoms with Crippen LogP contribution in [0.2, 0.25) is 5.02 Å². The van der Waals surface area contributed by atoms with Crippen molar-refractivity contribution in [1.29, 1.82) is 0 Å². The van der Waals surface area contributed by atoms with Gasteiger partial charge in [0.1, 0.15) is 0 Å². The van der Waals surface area contributed by atoms with Crippen LogP contribution in [0.4, 0.5) is 5.69 Å². The first-order valence-corrected chi connectivity index (χ1v) is 6.16. The number of nitrogen functional groups attached to an aromatic ring is 1. The van der Waals surface area contributed by atoms with Crippen LogP contribution >= 0.6 is 11.6 Å². The second-order valence-electron chi connectivity index (χ2n) is 4.33. The summed E-state index contributed by atoms with van der Waals surface area (Å²) in [6.07, 6.45) is 2.04. The lowest BCUT2D eigenvalue weighted by atomic mass is 10.1. The molecule has 1 unspecified atom stereocenters. The van der Waals surface area contributed by atoms with Crippen LogP contribution in [0.25, 0.3) is 0 Å². The van der Waals surface area contributed by atoms with E-state index in [1.807, 2.05) is 6.92 Å². The number of anilines is 1. The molecule has 0 spiro atoms. The number of hydrogen-bond acceptors (Lipinski definition) is 2. The van der Waals surface area contributed by atoms with Gasteiger partial charge in [-0.2, -0.15) is 0 Å². The molecular formula is C13H19ClN2O. The molecule has 4 heteroatoms. The van der Waals surface area contributed by atoms with E-state index in [0.717, 1.165) is 12.8 Å². The Morgan fingerprint density at radius 1 is 1.47 bits per heavy atom. The van der Waals surface area contributed by atoms with Crippen molar-refractivity contribution in [3.05, 3.63) is 28.8 Å². The van der Waals surface area contributed by atoms with Gasteiger partial charge in [-0.05, 0) is 31.5 Å². The third kappa shape index (κ3) is 3.63. The SMILES string of the molecule is CCCC(C)N(C)C(=O)c1cc(N)cc(Cl)c1. The Labute approximate surface area is 108 Å². The van der Waals surface area contributed by atoms with Crippen LogP contribution in [0.1, 0.15) is 37.0 Å². The van der Waals surface area contributed by atoms with E-state index in [1.54, 1.807) is 30.1 Å². The average Bonchev–Trinajstić information content (AvgIpc) is 2.26. The van der Waals surface area contributed by atoms with Gasteiger partial charge in [0.05, 0.1) is 0 Å². The maximum Gasteiger partial charge on any atom is 0.253 e. The van der Waals surface area contributed by atoms with Crippen LogP contribution in [0.3, 0.4) is 0 Å². The zero-order valence-corrected chi connectivity index (χ0v) is 11.3. The highest BCUT2D eigenvalue weighted by molar-refractivity contribution is 6.31. The molecule has 0 aliphatic heterocycles. The fourth-order valence-corrected chi connectivity index (χ4v) is 1.99. The third-order valence-electron chi connectivity index (χ3n) is 2.86. The summed E-state index contributed by atoms with van der Waals surface area (Å²) in [5, 5.41) is 0.491. The summed E-state index contributed by atoms with van der Waals surface area (Å²) in [5.41, 5.74) is 6.73. The predicted octanol–water partition coefficient (Wildman–Crippen LogP) is 3.18.